The molecule has 0 aromatic rings. The molecule has 0 unspecified atom stereocenters. The minimum absolute atomic E-state index is 0. The van der Waals surface area contributed by atoms with Gasteiger partial charge in [0, 0.05) is 68.0 Å². The maximum atomic E-state index is 8.28. The largest absolute Gasteiger partial charge is 0 e. The Hall–Kier alpha value is 4.23. The second-order valence-electron chi connectivity index (χ2n) is 0. The molecule has 5 heteroatoms. The van der Waals surface area contributed by atoms with Gasteiger partial charge in [-0.15, -0.1) is 0 Å². The predicted molar refractivity (Wildman–Crippen MR) is 15.0 cm³/mol. The molecular weight excluding hydrogens is 313 g/mol. The monoisotopic (exact) mass is 314 g/mol. The smallest absolute Gasteiger partial charge is 0 e. The molecule has 0 bridgehead atoms. The van der Waals surface area contributed by atoms with Crippen molar-refractivity contribution in [2.45, 2.75) is 0 Å². The molecule has 0 saturated heterocycles. The summed E-state index contributed by atoms with van der Waals surface area (Å²) in [5.74, 6) is 0. The van der Waals surface area contributed by atoms with Crippen LogP contribution >= 0.6 is 0 Å². The molecule has 0 aliphatic carbocycles. The Labute approximate surface area is 135 Å². The summed E-state index contributed by atoms with van der Waals surface area (Å²) in [5, 5.41) is 0. The summed E-state index contributed by atoms with van der Waals surface area (Å²) in [6, 6.07) is 0. The van der Waals surface area contributed by atoms with Crippen LogP contribution in [0.15, 0.2) is 0 Å². The molecule has 0 fully saturated rings. The summed E-state index contributed by atoms with van der Waals surface area (Å²) in [4.78, 5) is 0. The molecule has 1 nitrogen and oxygen atoms in total. The van der Waals surface area contributed by atoms with E-state index in [2.05, 4.69) is 0 Å². The number of hydrogen-bond acceptors (Lipinski definition) is 1. The molecule has 0 atom stereocenters. The molecule has 0 aromatic carbocycles. The van der Waals surface area contributed by atoms with Crippen LogP contribution in [-0.4, -0.2) is 67.6 Å². The van der Waals surface area contributed by atoms with Gasteiger partial charge in [0.15, 0.2) is 0 Å². The molecule has 0 aromatic heterocycles. The maximum absolute atomic E-state index is 8.28. The number of rotatable bonds is 0. The molecule has 20 valence electrons. The van der Waals surface area contributed by atoms with Gasteiger partial charge in [-0.1, -0.05) is 0 Å². The summed E-state index contributed by atoms with van der Waals surface area (Å²) < 4.78 is 8.28. The average molecular weight is 315 g/mol. The Morgan fingerprint density at radius 3 is 1.20 bits per heavy atom. The Bertz CT molecular complexity index is 11.6. The van der Waals surface area contributed by atoms with Gasteiger partial charge in [0.05, 0.1) is 0 Å². The van der Waals surface area contributed by atoms with Crippen molar-refractivity contribution in [3.63, 3.8) is 0 Å². The predicted octanol–water partition coefficient (Wildman–Crippen LogP) is -1.42. The van der Waals surface area contributed by atoms with Crippen LogP contribution in [0.1, 0.15) is 0 Å². The van der Waals surface area contributed by atoms with E-state index in [4.69, 9.17) is 3.80 Å². The molecule has 0 saturated carbocycles. The molecule has 0 amide bonds. The van der Waals surface area contributed by atoms with E-state index >= 15 is 0 Å². The van der Waals surface area contributed by atoms with E-state index < -0.39 is 0 Å². The zero-order valence-corrected chi connectivity index (χ0v) is 9.13. The third kappa shape index (κ3) is 17.9. The van der Waals surface area contributed by atoms with Gasteiger partial charge >= 0.3 is 71.4 Å². The third-order valence-electron chi connectivity index (χ3n) is 0. The quantitative estimate of drug-likeness (QED) is 0.502. The molecule has 0 spiro atoms. The maximum Gasteiger partial charge on any atom is 0 e. The Morgan fingerprint density at radius 2 is 1.20 bits per heavy atom. The van der Waals surface area contributed by atoms with E-state index in [1.807, 2.05) is 0 Å². The Kier molecular flexibility index (Phi) is 110. The molecule has 0 aliphatic heterocycles. The van der Waals surface area contributed by atoms with Crippen molar-refractivity contribution in [2.24, 2.45) is 0 Å². The second-order valence-corrected chi connectivity index (χ2v) is 0. The topological polar surface area (TPSA) is 17.1 Å². The third-order valence-corrected chi connectivity index (χ3v) is 0. The minimum Gasteiger partial charge on any atom is 0 e. The molecule has 0 radical (unpaired) electrons. The zero-order valence-electron chi connectivity index (χ0n) is 2.12. The van der Waals surface area contributed by atoms with Gasteiger partial charge in [-0.25, -0.2) is 0 Å². The zero-order chi connectivity index (χ0) is 2.00. The van der Waals surface area contributed by atoms with Crippen molar-refractivity contribution >= 4 is 67.6 Å². The van der Waals surface area contributed by atoms with Crippen molar-refractivity contribution in [1.29, 1.82) is 0 Å². The van der Waals surface area contributed by atoms with Crippen LogP contribution in [0.25, 0.3) is 0 Å². The van der Waals surface area contributed by atoms with Gasteiger partial charge in [-0.05, 0) is 0 Å². The van der Waals surface area contributed by atoms with E-state index in [9.17, 15) is 0 Å². The normalized spacial score (nSPS) is 0.600. The second kappa shape index (κ2) is 24.0. The first-order valence-corrected chi connectivity index (χ1v) is 0.866. The summed E-state index contributed by atoms with van der Waals surface area (Å²) in [6.45, 7) is 0. The van der Waals surface area contributed by atoms with Gasteiger partial charge in [-0.3, -0.25) is 0 Å². The number of hydrogen-bond donors (Lipinski definition) is 0. The van der Waals surface area contributed by atoms with Crippen LogP contribution in [-0.2, 0) is 30.0 Å². The van der Waals surface area contributed by atoms with Gasteiger partial charge in [0.1, 0.15) is 0 Å². The summed E-state index contributed by atoms with van der Waals surface area (Å²) in [5.41, 5.74) is 0. The van der Waals surface area contributed by atoms with Crippen molar-refractivity contribution in [2.75, 3.05) is 0 Å². The van der Waals surface area contributed by atoms with Crippen LogP contribution in [0.4, 0.5) is 0 Å². The van der Waals surface area contributed by atoms with Crippen LogP contribution in [0.3, 0.4) is 0 Å². The van der Waals surface area contributed by atoms with Crippen LogP contribution in [0.5, 0.6) is 0 Å². The van der Waals surface area contributed by atoms with Crippen molar-refractivity contribution in [3.05, 3.63) is 0 Å². The van der Waals surface area contributed by atoms with Gasteiger partial charge in [0.2, 0.25) is 0 Å². The Balaban J connectivity index is -0.00000000167. The molecule has 5 heavy (non-hydrogen) atoms. The fraction of sp³-hybridized carbons (Fsp3) is 0. The summed E-state index contributed by atoms with van der Waals surface area (Å²) >= 11 is 0.611. The molecule has 0 rings (SSSR count). The van der Waals surface area contributed by atoms with Crippen molar-refractivity contribution in [1.82, 2.24) is 0 Å². The first kappa shape index (κ1) is 22.9. The van der Waals surface area contributed by atoms with E-state index in [1.54, 1.807) is 0 Å². The summed E-state index contributed by atoms with van der Waals surface area (Å²) in [7, 11) is 0. The van der Waals surface area contributed by atoms with Crippen LogP contribution in [0, 0.1) is 41.7 Å². The average Bonchev–Trinajstić information content (AvgIpc) is 1.00. The first-order chi connectivity index (χ1) is 1.00. The van der Waals surface area contributed by atoms with Crippen LogP contribution < -0.4 is 0 Å². The van der Waals surface area contributed by atoms with Gasteiger partial charge in [0.25, 0.3) is 0 Å². The fourth-order valence-corrected chi connectivity index (χ4v) is 0. The molecule has 0 N–H and O–H groups in total. The van der Waals surface area contributed by atoms with Crippen molar-refractivity contribution < 1.29 is 71.8 Å². The van der Waals surface area contributed by atoms with Gasteiger partial charge in [-0.2, -0.15) is 0 Å². The fourth-order valence-electron chi connectivity index (χ4n) is 0. The van der Waals surface area contributed by atoms with E-state index in [1.165, 1.54) is 0 Å². The van der Waals surface area contributed by atoms with E-state index in [0.29, 0.717) is 16.2 Å². The van der Waals surface area contributed by atoms with Crippen molar-refractivity contribution in [3.8, 4) is 0 Å². The minimum atomic E-state index is 0. The Morgan fingerprint density at radius 1 is 1.20 bits per heavy atom. The standard InChI is InChI=1S/Al.Ce.K.O.Zr.2H. The van der Waals surface area contributed by atoms with E-state index in [-0.39, 0.29) is 119 Å². The SMILES string of the molecule is [Ce].[KH].[O]=[AlH].[Zr]. The first-order valence-electron chi connectivity index (χ1n) is 0.289. The molecule has 0 aliphatic rings. The summed E-state index contributed by atoms with van der Waals surface area (Å²) in [6.07, 6.45) is 0. The van der Waals surface area contributed by atoms with E-state index in [0.717, 1.165) is 0 Å². The van der Waals surface area contributed by atoms with Gasteiger partial charge < -0.3 is 0 Å². The molecule has 0 heterocycles. The molecular formula is H2AlCeKOZr. The van der Waals surface area contributed by atoms with Crippen LogP contribution in [0.2, 0.25) is 0 Å².